The molecule has 0 radical (unpaired) electrons. The number of hydrogen-bond donors (Lipinski definition) is 1. The lowest BCUT2D eigenvalue weighted by Gasteiger charge is -2.14. The smallest absolute Gasteiger partial charge is 0.250 e. The van der Waals surface area contributed by atoms with Gasteiger partial charge >= 0.3 is 0 Å². The van der Waals surface area contributed by atoms with Gasteiger partial charge in [0.2, 0.25) is 5.91 Å². The fraction of sp³-hybridized carbons (Fsp3) is 0.235. The van der Waals surface area contributed by atoms with Gasteiger partial charge in [0.25, 0.3) is 0 Å². The number of rotatable bonds is 5. The van der Waals surface area contributed by atoms with Gasteiger partial charge in [-0.25, -0.2) is 4.68 Å². The largest absolute Gasteiger partial charge is 0.309 e. The zero-order valence-electron chi connectivity index (χ0n) is 13.5. The summed E-state index contributed by atoms with van der Waals surface area (Å²) in [5.74, 6) is 0.541. The van der Waals surface area contributed by atoms with E-state index in [-0.39, 0.29) is 5.91 Å². The minimum Gasteiger partial charge on any atom is -0.309 e. The van der Waals surface area contributed by atoms with Gasteiger partial charge in [0.15, 0.2) is 0 Å². The number of halogens is 1. The first-order valence-electron chi connectivity index (χ1n) is 7.62. The molecule has 0 aliphatic heterocycles. The molecule has 0 fully saturated rings. The first-order chi connectivity index (χ1) is 11.5. The topological polar surface area (TPSA) is 64.7 Å². The fourth-order valence-electron chi connectivity index (χ4n) is 2.40. The van der Waals surface area contributed by atoms with Crippen LogP contribution >= 0.6 is 15.9 Å². The van der Waals surface area contributed by atoms with Gasteiger partial charge in [0.05, 0.1) is 22.9 Å². The van der Waals surface area contributed by atoms with Gasteiger partial charge in [0.1, 0.15) is 11.9 Å². The zero-order chi connectivity index (χ0) is 17.1. The Hall–Kier alpha value is -2.41. The van der Waals surface area contributed by atoms with Crippen molar-refractivity contribution < 1.29 is 4.79 Å². The van der Waals surface area contributed by atoms with Crippen molar-refractivity contribution in [3.8, 4) is 0 Å². The number of aromatic nitrogens is 4. The molecule has 6 nitrogen and oxygen atoms in total. The first-order valence-corrected chi connectivity index (χ1v) is 8.41. The lowest BCUT2D eigenvalue weighted by molar-refractivity contribution is -0.119. The Labute approximate surface area is 148 Å². The van der Waals surface area contributed by atoms with Crippen LogP contribution in [-0.4, -0.2) is 25.5 Å². The van der Waals surface area contributed by atoms with Crippen LogP contribution in [0.5, 0.6) is 0 Å². The van der Waals surface area contributed by atoms with Gasteiger partial charge < -0.3 is 5.32 Å². The number of nitrogens with one attached hydrogen (secondary N) is 1. The second kappa shape index (κ2) is 7.00. The molecule has 24 heavy (non-hydrogen) atoms. The average molecular weight is 388 g/mol. The van der Waals surface area contributed by atoms with Crippen molar-refractivity contribution in [1.82, 2.24) is 19.6 Å². The number of anilines is 1. The van der Waals surface area contributed by atoms with Gasteiger partial charge in [-0.2, -0.15) is 10.2 Å². The summed E-state index contributed by atoms with van der Waals surface area (Å²) in [6.07, 6.45) is 3.43. The number of benzene rings is 1. The molecule has 1 atom stereocenters. The lowest BCUT2D eigenvalue weighted by atomic mass is 10.2. The highest BCUT2D eigenvalue weighted by atomic mass is 79.9. The highest BCUT2D eigenvalue weighted by molar-refractivity contribution is 9.10. The van der Waals surface area contributed by atoms with E-state index in [1.54, 1.807) is 28.7 Å². The second-order valence-electron chi connectivity index (χ2n) is 5.62. The molecular weight excluding hydrogens is 370 g/mol. The van der Waals surface area contributed by atoms with Crippen molar-refractivity contribution >= 4 is 27.7 Å². The summed E-state index contributed by atoms with van der Waals surface area (Å²) in [5.41, 5.74) is 1.98. The molecule has 1 amide bonds. The predicted molar refractivity (Wildman–Crippen MR) is 95.8 cm³/mol. The summed E-state index contributed by atoms with van der Waals surface area (Å²) >= 11 is 3.34. The molecule has 1 aromatic carbocycles. The van der Waals surface area contributed by atoms with Crippen molar-refractivity contribution in [3.05, 3.63) is 64.5 Å². The van der Waals surface area contributed by atoms with Gasteiger partial charge in [-0.1, -0.05) is 30.3 Å². The molecule has 3 rings (SSSR count). The van der Waals surface area contributed by atoms with Crippen molar-refractivity contribution in [3.63, 3.8) is 0 Å². The number of aryl methyl sites for hydroxylation is 1. The number of nitrogens with zero attached hydrogens (tertiary/aromatic N) is 4. The number of amides is 1. The van der Waals surface area contributed by atoms with E-state index in [9.17, 15) is 4.79 Å². The van der Waals surface area contributed by atoms with Crippen molar-refractivity contribution in [1.29, 1.82) is 0 Å². The molecule has 0 saturated carbocycles. The molecular formula is C17H18BrN5O. The fourth-order valence-corrected chi connectivity index (χ4v) is 2.70. The highest BCUT2D eigenvalue weighted by Crippen LogP contribution is 2.17. The Bertz CT molecular complexity index is 840. The highest BCUT2D eigenvalue weighted by Gasteiger charge is 2.18. The average Bonchev–Trinajstić information content (AvgIpc) is 3.13. The first kappa shape index (κ1) is 16.4. The standard InChI is InChI=1S/C17H18BrN5O/c1-12-8-16(23(21-12)10-14-6-4-3-5-7-14)20-17(24)13(2)22-11-15(18)9-19-22/h3-9,11,13H,10H2,1-2H3,(H,20,24). The number of carbonyl (C=O) groups excluding carboxylic acids is 1. The van der Waals surface area contributed by atoms with Crippen LogP contribution in [0.25, 0.3) is 0 Å². The van der Waals surface area contributed by atoms with Gasteiger partial charge in [-0.15, -0.1) is 0 Å². The molecule has 3 aromatic rings. The van der Waals surface area contributed by atoms with Gasteiger partial charge in [0, 0.05) is 12.3 Å². The second-order valence-corrected chi connectivity index (χ2v) is 6.53. The van der Waals surface area contributed by atoms with E-state index in [1.165, 1.54) is 0 Å². The molecule has 0 aliphatic carbocycles. The van der Waals surface area contributed by atoms with E-state index in [1.807, 2.05) is 43.3 Å². The van der Waals surface area contributed by atoms with E-state index in [4.69, 9.17) is 0 Å². The summed E-state index contributed by atoms with van der Waals surface area (Å²) in [5, 5.41) is 11.6. The number of hydrogen-bond acceptors (Lipinski definition) is 3. The predicted octanol–water partition coefficient (Wildman–Crippen LogP) is 3.40. The summed E-state index contributed by atoms with van der Waals surface area (Å²) in [6.45, 7) is 4.32. The van der Waals surface area contributed by atoms with Crippen LogP contribution in [0.1, 0.15) is 24.2 Å². The van der Waals surface area contributed by atoms with E-state index in [0.717, 1.165) is 15.7 Å². The molecule has 1 unspecified atom stereocenters. The quantitative estimate of drug-likeness (QED) is 0.729. The van der Waals surface area contributed by atoms with Crippen LogP contribution in [0, 0.1) is 6.92 Å². The third kappa shape index (κ3) is 3.73. The van der Waals surface area contributed by atoms with Gasteiger partial charge in [-0.05, 0) is 35.3 Å². The Morgan fingerprint density at radius 1 is 1.33 bits per heavy atom. The monoisotopic (exact) mass is 387 g/mol. The minimum absolute atomic E-state index is 0.139. The number of carbonyl (C=O) groups is 1. The third-order valence-electron chi connectivity index (χ3n) is 3.67. The van der Waals surface area contributed by atoms with Crippen LogP contribution in [0.3, 0.4) is 0 Å². The maximum Gasteiger partial charge on any atom is 0.250 e. The molecule has 0 bridgehead atoms. The minimum atomic E-state index is -0.420. The lowest BCUT2D eigenvalue weighted by Crippen LogP contribution is -2.25. The van der Waals surface area contributed by atoms with E-state index < -0.39 is 6.04 Å². The Morgan fingerprint density at radius 2 is 2.08 bits per heavy atom. The molecule has 0 saturated heterocycles. The normalized spacial score (nSPS) is 12.1. The summed E-state index contributed by atoms with van der Waals surface area (Å²) in [4.78, 5) is 12.5. The molecule has 2 heterocycles. The van der Waals surface area contributed by atoms with Crippen LogP contribution in [0.2, 0.25) is 0 Å². The molecule has 124 valence electrons. The van der Waals surface area contributed by atoms with Gasteiger partial charge in [-0.3, -0.25) is 9.48 Å². The molecule has 1 N–H and O–H groups in total. The van der Waals surface area contributed by atoms with Crippen molar-refractivity contribution in [2.75, 3.05) is 5.32 Å². The van der Waals surface area contributed by atoms with E-state index in [0.29, 0.717) is 12.4 Å². The molecule has 7 heteroatoms. The van der Waals surface area contributed by atoms with Crippen LogP contribution < -0.4 is 5.32 Å². The third-order valence-corrected chi connectivity index (χ3v) is 4.08. The Kier molecular flexibility index (Phi) is 4.80. The summed E-state index contributed by atoms with van der Waals surface area (Å²) in [6, 6.07) is 11.5. The van der Waals surface area contributed by atoms with Crippen LogP contribution in [0.15, 0.2) is 53.3 Å². The summed E-state index contributed by atoms with van der Waals surface area (Å²) in [7, 11) is 0. The van der Waals surface area contributed by atoms with Crippen molar-refractivity contribution in [2.24, 2.45) is 0 Å². The van der Waals surface area contributed by atoms with Crippen LogP contribution in [0.4, 0.5) is 5.82 Å². The summed E-state index contributed by atoms with van der Waals surface area (Å²) < 4.78 is 4.26. The zero-order valence-corrected chi connectivity index (χ0v) is 15.1. The maximum atomic E-state index is 12.5. The molecule has 2 aromatic heterocycles. The Balaban J connectivity index is 1.76. The van der Waals surface area contributed by atoms with Crippen LogP contribution in [-0.2, 0) is 11.3 Å². The SMILES string of the molecule is Cc1cc(NC(=O)C(C)n2cc(Br)cn2)n(Cc2ccccc2)n1. The molecule has 0 spiro atoms. The molecule has 0 aliphatic rings. The maximum absolute atomic E-state index is 12.5. The Morgan fingerprint density at radius 3 is 2.75 bits per heavy atom. The van der Waals surface area contributed by atoms with E-state index >= 15 is 0 Å². The van der Waals surface area contributed by atoms with Crippen molar-refractivity contribution in [2.45, 2.75) is 26.4 Å². The van der Waals surface area contributed by atoms with E-state index in [2.05, 4.69) is 31.4 Å².